The van der Waals surface area contributed by atoms with Crippen LogP contribution >= 0.6 is 0 Å². The Kier molecular flexibility index (Phi) is 8.64. The van der Waals surface area contributed by atoms with Gasteiger partial charge in [-0.2, -0.15) is 4.98 Å². The summed E-state index contributed by atoms with van der Waals surface area (Å²) >= 11 is 0. The van der Waals surface area contributed by atoms with Crippen molar-refractivity contribution in [3.63, 3.8) is 0 Å². The maximum absolute atomic E-state index is 14.6. The zero-order chi connectivity index (χ0) is 33.7. The number of hydrazine groups is 1. The highest BCUT2D eigenvalue weighted by atomic mass is 32.2. The summed E-state index contributed by atoms with van der Waals surface area (Å²) < 4.78 is 41.2. The minimum absolute atomic E-state index is 0.0688. The number of benzene rings is 2. The van der Waals surface area contributed by atoms with Crippen molar-refractivity contribution in [3.05, 3.63) is 65.2 Å². The van der Waals surface area contributed by atoms with Crippen molar-refractivity contribution in [1.29, 1.82) is 0 Å². The van der Waals surface area contributed by atoms with E-state index in [9.17, 15) is 18.0 Å². The highest BCUT2D eigenvalue weighted by molar-refractivity contribution is 7.92. The Balaban J connectivity index is 1.45. The van der Waals surface area contributed by atoms with Crippen LogP contribution in [0.2, 0.25) is 0 Å². The highest BCUT2D eigenvalue weighted by Crippen LogP contribution is 2.45. The van der Waals surface area contributed by atoms with Gasteiger partial charge in [0.15, 0.2) is 0 Å². The van der Waals surface area contributed by atoms with E-state index in [1.165, 1.54) is 19.2 Å². The first-order chi connectivity index (χ1) is 22.2. The summed E-state index contributed by atoms with van der Waals surface area (Å²) in [5, 5.41) is 1.85. The second-order valence-electron chi connectivity index (χ2n) is 14.0. The maximum atomic E-state index is 14.6. The number of nitrogens with zero attached hydrogens (tertiary/aromatic N) is 4. The standard InChI is InChI=1S/C34H42N6O6S/c1-20-9-7-10-21(2)29(20)27-15-28-36-32(35-27)38-47(43,44)26-12-8-11-22(14-26)31(41)40(25(19-46-28)16-34(3,4)5)30-23-13-24(30)18-39(17-23)37-33(42)45-6/h7-12,14-15,23-25,30H,13,16-19H2,1-6H3,(H,37,42)(H,35,36,38)/t23-,24+,25-,30?/m1/s1. The van der Waals surface area contributed by atoms with Crippen molar-refractivity contribution in [3.8, 4) is 17.1 Å². The number of carbonyl (C=O) groups excluding carboxylic acids is 2. The molecule has 2 saturated heterocycles. The molecule has 47 heavy (non-hydrogen) atoms. The summed E-state index contributed by atoms with van der Waals surface area (Å²) in [4.78, 5) is 37.5. The van der Waals surface area contributed by atoms with Crippen LogP contribution in [0.3, 0.4) is 0 Å². The van der Waals surface area contributed by atoms with Gasteiger partial charge >= 0.3 is 6.09 Å². The Morgan fingerprint density at radius 3 is 2.40 bits per heavy atom. The lowest BCUT2D eigenvalue weighted by molar-refractivity contribution is -0.0954. The molecule has 12 nitrogen and oxygen atoms in total. The summed E-state index contributed by atoms with van der Waals surface area (Å²) in [6.45, 7) is 11.6. The van der Waals surface area contributed by atoms with Crippen molar-refractivity contribution >= 4 is 28.0 Å². The van der Waals surface area contributed by atoms with Gasteiger partial charge < -0.3 is 14.4 Å². The van der Waals surface area contributed by atoms with E-state index < -0.39 is 16.1 Å². The zero-order valence-corrected chi connectivity index (χ0v) is 28.4. The van der Waals surface area contributed by atoms with E-state index in [1.807, 2.05) is 42.0 Å². The predicted octanol–water partition coefficient (Wildman–Crippen LogP) is 4.79. The zero-order valence-electron chi connectivity index (χ0n) is 27.6. The van der Waals surface area contributed by atoms with Crippen molar-refractivity contribution in [2.45, 2.75) is 64.4 Å². The number of ether oxygens (including phenoxy) is 2. The van der Waals surface area contributed by atoms with E-state index in [0.29, 0.717) is 25.2 Å². The molecule has 1 aliphatic carbocycles. The summed E-state index contributed by atoms with van der Waals surface area (Å²) in [7, 11) is -2.84. The molecule has 3 fully saturated rings. The summed E-state index contributed by atoms with van der Waals surface area (Å²) in [6.07, 6.45) is 0.997. The molecule has 2 N–H and O–H groups in total. The Morgan fingerprint density at radius 1 is 1.06 bits per heavy atom. The fourth-order valence-corrected chi connectivity index (χ4v) is 8.26. The van der Waals surface area contributed by atoms with Gasteiger partial charge in [-0.25, -0.2) is 27.9 Å². The molecule has 3 aromatic rings. The van der Waals surface area contributed by atoms with E-state index in [2.05, 4.69) is 40.9 Å². The lowest BCUT2D eigenvalue weighted by Crippen LogP contribution is -2.69. The summed E-state index contributed by atoms with van der Waals surface area (Å²) in [5.41, 5.74) is 6.21. The molecule has 4 heterocycles. The van der Waals surface area contributed by atoms with Crippen molar-refractivity contribution in [1.82, 2.24) is 25.3 Å². The minimum atomic E-state index is -4.17. The van der Waals surface area contributed by atoms with Gasteiger partial charge in [0.25, 0.3) is 15.9 Å². The van der Waals surface area contributed by atoms with Crippen LogP contribution < -0.4 is 14.9 Å². The van der Waals surface area contributed by atoms with Crippen LogP contribution in [0.5, 0.6) is 5.88 Å². The Labute approximate surface area is 275 Å². The number of fused-ring (bicyclic) bond motifs is 6. The fraction of sp³-hybridized carbons (Fsp3) is 0.471. The lowest BCUT2D eigenvalue weighted by atomic mass is 9.65. The SMILES string of the molecule is COC(=O)NN1C[C@H]2C[C@@H](C1)C2N1C(=O)c2cccc(c2)S(=O)(=O)Nc2nc(cc(-c3c(C)cccc3C)n2)OC[C@H]1CC(C)(C)C. The fourth-order valence-electron chi connectivity index (χ4n) is 7.27. The normalized spacial score (nSPS) is 24.0. The number of amides is 2. The van der Waals surface area contributed by atoms with Crippen LogP contribution in [-0.2, 0) is 14.8 Å². The maximum Gasteiger partial charge on any atom is 0.421 e. The van der Waals surface area contributed by atoms with Crippen molar-refractivity contribution in [2.75, 3.05) is 31.5 Å². The van der Waals surface area contributed by atoms with Crippen molar-refractivity contribution in [2.24, 2.45) is 17.3 Å². The van der Waals surface area contributed by atoms with Crippen LogP contribution in [0.25, 0.3) is 11.3 Å². The number of hydrogen-bond donors (Lipinski definition) is 2. The molecule has 1 saturated carbocycles. The van der Waals surface area contributed by atoms with Gasteiger partial charge in [0, 0.05) is 36.3 Å². The average Bonchev–Trinajstić information content (AvgIpc) is 3.00. The molecule has 1 aromatic heterocycles. The third-order valence-electron chi connectivity index (χ3n) is 9.19. The number of aryl methyl sites for hydroxylation is 2. The van der Waals surface area contributed by atoms with Crippen LogP contribution in [0.15, 0.2) is 53.4 Å². The minimum Gasteiger partial charge on any atom is -0.475 e. The molecular formula is C34H42N6O6S. The third-order valence-corrected chi connectivity index (χ3v) is 10.5. The lowest BCUT2D eigenvalue weighted by Gasteiger charge is -2.58. The number of aromatic nitrogens is 2. The number of methoxy groups -OCH3 is 1. The van der Waals surface area contributed by atoms with Gasteiger partial charge in [-0.15, -0.1) is 0 Å². The molecule has 4 atom stereocenters. The number of hydrogen-bond acceptors (Lipinski definition) is 9. The first-order valence-corrected chi connectivity index (χ1v) is 17.3. The van der Waals surface area contributed by atoms with E-state index in [0.717, 1.165) is 23.1 Å². The predicted molar refractivity (Wildman–Crippen MR) is 176 cm³/mol. The molecule has 1 unspecified atom stereocenters. The van der Waals surface area contributed by atoms with Gasteiger partial charge in [0.2, 0.25) is 11.8 Å². The second kappa shape index (κ2) is 12.4. The third kappa shape index (κ3) is 6.77. The first kappa shape index (κ1) is 32.7. The molecule has 13 heteroatoms. The average molecular weight is 663 g/mol. The smallest absolute Gasteiger partial charge is 0.421 e. The van der Waals surface area contributed by atoms with Gasteiger partial charge in [0.1, 0.15) is 6.61 Å². The van der Waals surface area contributed by atoms with Crippen LogP contribution in [0.4, 0.5) is 10.7 Å². The molecule has 0 spiro atoms. The largest absolute Gasteiger partial charge is 0.475 e. The Bertz CT molecular complexity index is 1780. The summed E-state index contributed by atoms with van der Waals surface area (Å²) in [6, 6.07) is 13.2. The number of carbonyl (C=O) groups is 2. The van der Waals surface area contributed by atoms with Gasteiger partial charge in [-0.3, -0.25) is 10.2 Å². The highest BCUT2D eigenvalue weighted by Gasteiger charge is 2.53. The molecule has 2 amide bonds. The van der Waals surface area contributed by atoms with Crippen LogP contribution in [0.1, 0.15) is 55.1 Å². The van der Waals surface area contributed by atoms with Crippen LogP contribution in [-0.4, -0.2) is 79.2 Å². The van der Waals surface area contributed by atoms with E-state index in [4.69, 9.17) is 9.47 Å². The number of nitrogens with one attached hydrogen (secondary N) is 2. The molecule has 250 valence electrons. The van der Waals surface area contributed by atoms with E-state index >= 15 is 0 Å². The van der Waals surface area contributed by atoms with Gasteiger partial charge in [0.05, 0.1) is 23.7 Å². The van der Waals surface area contributed by atoms with Crippen LogP contribution in [0, 0.1) is 31.1 Å². The molecule has 3 aliphatic heterocycles. The molecule has 4 aliphatic rings. The topological polar surface area (TPSA) is 143 Å². The van der Waals surface area contributed by atoms with Gasteiger partial charge in [-0.05, 0) is 73.3 Å². The molecule has 7 rings (SSSR count). The molecule has 2 aromatic carbocycles. The monoisotopic (exact) mass is 662 g/mol. The number of piperidine rings is 2. The van der Waals surface area contributed by atoms with Gasteiger partial charge in [-0.1, -0.05) is 45.0 Å². The number of sulfonamides is 1. The van der Waals surface area contributed by atoms with E-state index in [-0.39, 0.29) is 64.1 Å². The van der Waals surface area contributed by atoms with E-state index in [1.54, 1.807) is 18.2 Å². The van der Waals surface area contributed by atoms with Crippen molar-refractivity contribution < 1.29 is 27.5 Å². The summed E-state index contributed by atoms with van der Waals surface area (Å²) in [5.74, 6) is -0.00468. The number of anilines is 1. The molecule has 0 radical (unpaired) electrons. The molecular weight excluding hydrogens is 620 g/mol. The first-order valence-electron chi connectivity index (χ1n) is 15.9. The second-order valence-corrected chi connectivity index (χ2v) is 15.7. The Hall–Kier alpha value is -4.23. The molecule has 6 bridgehead atoms. The number of rotatable bonds is 4. The Morgan fingerprint density at radius 2 is 1.74 bits per heavy atom. The quantitative estimate of drug-likeness (QED) is 0.403.